The van der Waals surface area contributed by atoms with Gasteiger partial charge in [0.05, 0.1) is 17.9 Å². The minimum absolute atomic E-state index is 0.0567. The Kier molecular flexibility index (Phi) is 7.10. The van der Waals surface area contributed by atoms with Gasteiger partial charge in [0.1, 0.15) is 22.9 Å². The molecule has 0 aliphatic carbocycles. The fourth-order valence-corrected chi connectivity index (χ4v) is 5.33. The molecule has 4 N–H and O–H groups in total. The van der Waals surface area contributed by atoms with E-state index in [0.29, 0.717) is 17.4 Å². The zero-order chi connectivity index (χ0) is 28.5. The summed E-state index contributed by atoms with van der Waals surface area (Å²) >= 11 is 0. The molecule has 6 rings (SSSR count). The van der Waals surface area contributed by atoms with Crippen LogP contribution >= 0.6 is 0 Å². The molecule has 41 heavy (non-hydrogen) atoms. The molecule has 1 aliphatic rings. The van der Waals surface area contributed by atoms with Gasteiger partial charge in [0.15, 0.2) is 11.5 Å². The number of nitrogens with one attached hydrogen (secondary N) is 2. The van der Waals surface area contributed by atoms with E-state index in [0.717, 1.165) is 60.0 Å². The Labute approximate surface area is 238 Å². The van der Waals surface area contributed by atoms with Crippen LogP contribution in [0.15, 0.2) is 61.1 Å². The molecule has 0 saturated carbocycles. The highest BCUT2D eigenvalue weighted by atomic mass is 16.1. The molecule has 210 valence electrons. The number of hydrogen-bond acceptors (Lipinski definition) is 8. The largest absolute Gasteiger partial charge is 0.382 e. The summed E-state index contributed by atoms with van der Waals surface area (Å²) in [6.07, 6.45) is 7.77. The zero-order valence-corrected chi connectivity index (χ0v) is 23.5. The van der Waals surface area contributed by atoms with Gasteiger partial charge in [-0.25, -0.2) is 19.9 Å². The number of nitrogen functional groups attached to an aromatic ring is 1. The summed E-state index contributed by atoms with van der Waals surface area (Å²) in [4.78, 5) is 39.8. The number of carbonyl (C=O) groups is 1. The van der Waals surface area contributed by atoms with Crippen molar-refractivity contribution in [2.75, 3.05) is 37.8 Å². The molecule has 5 aromatic rings. The smallest absolute Gasteiger partial charge is 0.274 e. The highest BCUT2D eigenvalue weighted by molar-refractivity contribution is 5.97. The summed E-state index contributed by atoms with van der Waals surface area (Å²) in [6.45, 7) is 4.14. The van der Waals surface area contributed by atoms with Gasteiger partial charge in [-0.2, -0.15) is 0 Å². The van der Waals surface area contributed by atoms with Crippen molar-refractivity contribution in [2.24, 2.45) is 0 Å². The van der Waals surface area contributed by atoms with Crippen molar-refractivity contribution < 1.29 is 4.79 Å². The van der Waals surface area contributed by atoms with Crippen molar-refractivity contribution in [3.8, 4) is 22.6 Å². The van der Waals surface area contributed by atoms with E-state index >= 15 is 0 Å². The van der Waals surface area contributed by atoms with Crippen LogP contribution in [0.1, 0.15) is 34.7 Å². The second kappa shape index (κ2) is 11.0. The van der Waals surface area contributed by atoms with Crippen LogP contribution in [0.25, 0.3) is 28.3 Å². The molecular formula is C30H34N10O. The highest BCUT2D eigenvalue weighted by Gasteiger charge is 2.23. The molecule has 0 aromatic carbocycles. The van der Waals surface area contributed by atoms with Crippen molar-refractivity contribution in [3.05, 3.63) is 78.1 Å². The molecule has 0 radical (unpaired) electrons. The van der Waals surface area contributed by atoms with Gasteiger partial charge in [0.2, 0.25) is 0 Å². The molecule has 1 saturated heterocycles. The topological polar surface area (TPSA) is 133 Å². The van der Waals surface area contributed by atoms with E-state index in [4.69, 9.17) is 15.7 Å². The van der Waals surface area contributed by atoms with Crippen LogP contribution in [0, 0.1) is 6.92 Å². The molecular weight excluding hydrogens is 516 g/mol. The van der Waals surface area contributed by atoms with Crippen molar-refractivity contribution in [2.45, 2.75) is 32.4 Å². The van der Waals surface area contributed by atoms with Gasteiger partial charge in [0.25, 0.3) is 5.91 Å². The number of imidazole rings is 1. The van der Waals surface area contributed by atoms with Gasteiger partial charge in [-0.3, -0.25) is 4.79 Å². The van der Waals surface area contributed by atoms with E-state index < -0.39 is 5.91 Å². The van der Waals surface area contributed by atoms with Gasteiger partial charge in [-0.15, -0.1) is 0 Å². The Morgan fingerprint density at radius 2 is 1.90 bits per heavy atom. The normalized spacial score (nSPS) is 14.2. The first kappa shape index (κ1) is 26.5. The van der Waals surface area contributed by atoms with Crippen LogP contribution in [0.4, 0.5) is 11.6 Å². The van der Waals surface area contributed by atoms with Gasteiger partial charge in [-0.05, 0) is 70.3 Å². The molecule has 0 unspecified atom stereocenters. The van der Waals surface area contributed by atoms with E-state index in [1.165, 1.54) is 0 Å². The number of aryl methyl sites for hydroxylation is 1. The van der Waals surface area contributed by atoms with Crippen molar-refractivity contribution in [3.63, 3.8) is 0 Å². The first-order valence-corrected chi connectivity index (χ1v) is 13.8. The van der Waals surface area contributed by atoms with Crippen LogP contribution in [0.2, 0.25) is 0 Å². The number of rotatable bonds is 7. The SMILES string of the molecule is Cc1cnc2ccc(-c3nc(C(=O)NCc4cccc(N5CCC(N(C)C)CC5)n4)c(N)nc3-c3ccc[nH]3)cn12. The Balaban J connectivity index is 1.25. The van der Waals surface area contributed by atoms with Crippen molar-refractivity contribution in [1.29, 1.82) is 0 Å². The number of carbonyl (C=O) groups excluding carboxylic acids is 1. The fourth-order valence-electron chi connectivity index (χ4n) is 5.33. The Morgan fingerprint density at radius 3 is 2.66 bits per heavy atom. The minimum Gasteiger partial charge on any atom is -0.382 e. The summed E-state index contributed by atoms with van der Waals surface area (Å²) in [5.74, 6) is 0.574. The van der Waals surface area contributed by atoms with Crippen LogP contribution in [0.5, 0.6) is 0 Å². The second-order valence-corrected chi connectivity index (χ2v) is 10.6. The number of aromatic amines is 1. The van der Waals surface area contributed by atoms with E-state index in [9.17, 15) is 4.79 Å². The predicted molar refractivity (Wildman–Crippen MR) is 159 cm³/mol. The molecule has 0 atom stereocenters. The molecule has 1 aliphatic heterocycles. The molecule has 5 aromatic heterocycles. The van der Waals surface area contributed by atoms with Crippen LogP contribution < -0.4 is 16.0 Å². The molecule has 0 bridgehead atoms. The predicted octanol–water partition coefficient (Wildman–Crippen LogP) is 3.53. The average molecular weight is 551 g/mol. The van der Waals surface area contributed by atoms with Gasteiger partial charge < -0.3 is 30.2 Å². The molecule has 6 heterocycles. The van der Waals surface area contributed by atoms with Crippen LogP contribution in [0.3, 0.4) is 0 Å². The third-order valence-electron chi connectivity index (χ3n) is 7.70. The summed E-state index contributed by atoms with van der Waals surface area (Å²) in [7, 11) is 4.27. The Bertz CT molecular complexity index is 1680. The number of amides is 1. The number of nitrogens with two attached hydrogens (primary N) is 1. The number of pyridine rings is 2. The van der Waals surface area contributed by atoms with E-state index in [1.54, 1.807) is 0 Å². The van der Waals surface area contributed by atoms with E-state index in [1.807, 2.05) is 72.4 Å². The number of nitrogens with zero attached hydrogens (tertiary/aromatic N) is 7. The lowest BCUT2D eigenvalue weighted by Gasteiger charge is -2.35. The maximum atomic E-state index is 13.4. The van der Waals surface area contributed by atoms with Gasteiger partial charge >= 0.3 is 0 Å². The monoisotopic (exact) mass is 550 g/mol. The lowest BCUT2D eigenvalue weighted by molar-refractivity contribution is 0.0946. The molecule has 1 amide bonds. The number of fused-ring (bicyclic) bond motifs is 1. The molecule has 0 spiro atoms. The lowest BCUT2D eigenvalue weighted by Crippen LogP contribution is -2.42. The summed E-state index contributed by atoms with van der Waals surface area (Å²) in [6, 6.07) is 14.1. The average Bonchev–Trinajstić information content (AvgIpc) is 3.66. The number of hydrogen-bond donors (Lipinski definition) is 3. The van der Waals surface area contributed by atoms with Gasteiger partial charge in [-0.1, -0.05) is 6.07 Å². The first-order valence-electron chi connectivity index (χ1n) is 13.8. The van der Waals surface area contributed by atoms with Crippen LogP contribution in [-0.2, 0) is 6.54 Å². The summed E-state index contributed by atoms with van der Waals surface area (Å²) < 4.78 is 1.98. The third-order valence-corrected chi connectivity index (χ3v) is 7.70. The summed E-state index contributed by atoms with van der Waals surface area (Å²) in [5, 5.41) is 2.94. The fraction of sp³-hybridized carbons (Fsp3) is 0.300. The Hall–Kier alpha value is -4.77. The zero-order valence-electron chi connectivity index (χ0n) is 23.5. The standard InChI is InChI=1S/C30H34N10O/c1-19-16-33-24-10-9-20(18-40(19)24)26-27(23-7-5-13-32-23)37-29(31)28(36-26)30(41)34-17-21-6-4-8-25(35-21)39-14-11-22(12-15-39)38(2)3/h4-10,13,16,18,22,32H,11-12,14-15,17H2,1-3H3,(H2,31,37)(H,34,41). The lowest BCUT2D eigenvalue weighted by atomic mass is 10.0. The highest BCUT2D eigenvalue weighted by Crippen LogP contribution is 2.30. The maximum Gasteiger partial charge on any atom is 0.274 e. The van der Waals surface area contributed by atoms with Crippen molar-refractivity contribution in [1.82, 2.24) is 39.5 Å². The number of H-pyrrole nitrogens is 1. The second-order valence-electron chi connectivity index (χ2n) is 10.6. The number of piperidine rings is 1. The Morgan fingerprint density at radius 1 is 1.07 bits per heavy atom. The van der Waals surface area contributed by atoms with E-state index in [-0.39, 0.29) is 18.1 Å². The van der Waals surface area contributed by atoms with Crippen LogP contribution in [-0.4, -0.2) is 73.4 Å². The molecule has 11 nitrogen and oxygen atoms in total. The first-order chi connectivity index (χ1) is 19.9. The third kappa shape index (κ3) is 5.36. The number of aromatic nitrogens is 6. The minimum atomic E-state index is -0.409. The van der Waals surface area contributed by atoms with E-state index in [2.05, 4.69) is 44.2 Å². The van der Waals surface area contributed by atoms with Gasteiger partial charge in [0, 0.05) is 49.0 Å². The number of anilines is 2. The molecule has 11 heteroatoms. The maximum absolute atomic E-state index is 13.4. The molecule has 1 fully saturated rings. The quantitative estimate of drug-likeness (QED) is 0.280. The summed E-state index contributed by atoms with van der Waals surface area (Å²) in [5.41, 5.74) is 11.6. The van der Waals surface area contributed by atoms with Crippen molar-refractivity contribution >= 4 is 23.2 Å².